The zero-order valence-electron chi connectivity index (χ0n) is 8.44. The van der Waals surface area contributed by atoms with E-state index in [0.717, 1.165) is 21.1 Å². The van der Waals surface area contributed by atoms with Crippen molar-refractivity contribution in [1.29, 1.82) is 0 Å². The molecule has 1 atom stereocenters. The Bertz CT molecular complexity index is 467. The molecule has 0 aliphatic carbocycles. The predicted molar refractivity (Wildman–Crippen MR) is 62.1 cm³/mol. The minimum Gasteiger partial charge on any atom is -0.264 e. The molecule has 0 radical (unpaired) electrons. The first-order chi connectivity index (χ1) is 7.18. The molecule has 0 saturated heterocycles. The van der Waals surface area contributed by atoms with E-state index in [2.05, 4.69) is 15.2 Å². The second-order valence-electron chi connectivity index (χ2n) is 3.25. The Balaban J connectivity index is 2.42. The molecule has 0 fully saturated rings. The molecule has 2 aromatic heterocycles. The molecule has 0 amide bonds. The van der Waals surface area contributed by atoms with E-state index in [1.165, 1.54) is 11.3 Å². The molecular weight excluding hydrogens is 230 g/mol. The molecule has 2 heterocycles. The predicted octanol–water partition coefficient (Wildman–Crippen LogP) is 3.21. The van der Waals surface area contributed by atoms with Crippen LogP contribution < -0.4 is 0 Å². The van der Waals surface area contributed by atoms with Gasteiger partial charge in [-0.25, -0.2) is 0 Å². The van der Waals surface area contributed by atoms with Gasteiger partial charge in [-0.3, -0.25) is 4.98 Å². The number of hydrogen-bond donors (Lipinski definition) is 0. The van der Waals surface area contributed by atoms with Gasteiger partial charge in [0.2, 0.25) is 0 Å². The largest absolute Gasteiger partial charge is 0.264 e. The minimum absolute atomic E-state index is 0.0848. The normalized spacial score (nSPS) is 12.7. The van der Waals surface area contributed by atoms with Crippen LogP contribution in [0, 0.1) is 6.92 Å². The molecule has 1 unspecified atom stereocenters. The number of halogens is 1. The molecule has 15 heavy (non-hydrogen) atoms. The number of rotatable bonds is 2. The molecule has 0 aromatic carbocycles. The number of alkyl halides is 1. The van der Waals surface area contributed by atoms with Gasteiger partial charge < -0.3 is 0 Å². The van der Waals surface area contributed by atoms with Crippen LogP contribution >= 0.6 is 22.9 Å². The fraction of sp³-hybridized carbons (Fsp3) is 0.300. The maximum absolute atomic E-state index is 5.94. The van der Waals surface area contributed by atoms with Gasteiger partial charge in [-0.2, -0.15) is 0 Å². The second-order valence-corrected chi connectivity index (χ2v) is 4.92. The molecule has 0 spiro atoms. The molecule has 2 aromatic rings. The van der Waals surface area contributed by atoms with Crippen LogP contribution in [0.15, 0.2) is 18.5 Å². The third-order valence-corrected chi connectivity index (χ3v) is 3.51. The first-order valence-electron chi connectivity index (χ1n) is 4.57. The number of hydrogen-bond acceptors (Lipinski definition) is 4. The fourth-order valence-corrected chi connectivity index (χ4v) is 2.26. The Labute approximate surface area is 97.2 Å². The number of aryl methyl sites for hydroxylation is 1. The van der Waals surface area contributed by atoms with E-state index in [0.29, 0.717) is 0 Å². The zero-order valence-corrected chi connectivity index (χ0v) is 10.0. The van der Waals surface area contributed by atoms with Crippen LogP contribution in [-0.2, 0) is 0 Å². The lowest BCUT2D eigenvalue weighted by Gasteiger charge is -1.98. The van der Waals surface area contributed by atoms with Gasteiger partial charge in [0, 0.05) is 18.0 Å². The van der Waals surface area contributed by atoms with Crippen molar-refractivity contribution in [3.05, 3.63) is 29.0 Å². The van der Waals surface area contributed by atoms with E-state index < -0.39 is 0 Å². The average molecular weight is 240 g/mol. The minimum atomic E-state index is -0.0848. The third-order valence-electron chi connectivity index (χ3n) is 2.03. The topological polar surface area (TPSA) is 38.7 Å². The van der Waals surface area contributed by atoms with Crippen molar-refractivity contribution in [3.63, 3.8) is 0 Å². The van der Waals surface area contributed by atoms with E-state index in [4.69, 9.17) is 11.6 Å². The number of aromatic nitrogens is 3. The van der Waals surface area contributed by atoms with Crippen molar-refractivity contribution in [1.82, 2.24) is 15.2 Å². The SMILES string of the molecule is Cc1cnccc1-c1nnc(C(C)Cl)s1. The Hall–Kier alpha value is -1.00. The number of nitrogens with zero attached hydrogens (tertiary/aromatic N) is 3. The van der Waals surface area contributed by atoms with Crippen LogP contribution in [0.1, 0.15) is 22.9 Å². The van der Waals surface area contributed by atoms with Crippen molar-refractivity contribution in [2.75, 3.05) is 0 Å². The van der Waals surface area contributed by atoms with E-state index in [1.54, 1.807) is 6.20 Å². The Morgan fingerprint density at radius 2 is 2.20 bits per heavy atom. The summed E-state index contributed by atoms with van der Waals surface area (Å²) in [6.07, 6.45) is 3.58. The highest BCUT2D eigenvalue weighted by molar-refractivity contribution is 7.15. The summed E-state index contributed by atoms with van der Waals surface area (Å²) in [6, 6.07) is 1.94. The van der Waals surface area contributed by atoms with Crippen LogP contribution in [0.25, 0.3) is 10.6 Å². The van der Waals surface area contributed by atoms with Gasteiger partial charge in [0.1, 0.15) is 10.0 Å². The standard InChI is InChI=1S/C10H10ClN3S/c1-6-5-12-4-3-8(6)10-14-13-9(15-10)7(2)11/h3-5,7H,1-2H3. The summed E-state index contributed by atoms with van der Waals surface area (Å²) in [7, 11) is 0. The van der Waals surface area contributed by atoms with Crippen molar-refractivity contribution in [2.45, 2.75) is 19.2 Å². The Morgan fingerprint density at radius 1 is 1.40 bits per heavy atom. The fourth-order valence-electron chi connectivity index (χ4n) is 1.22. The van der Waals surface area contributed by atoms with E-state index in [9.17, 15) is 0 Å². The molecule has 0 aliphatic heterocycles. The third kappa shape index (κ3) is 2.16. The van der Waals surface area contributed by atoms with Crippen molar-refractivity contribution >= 4 is 22.9 Å². The lowest BCUT2D eigenvalue weighted by atomic mass is 10.2. The van der Waals surface area contributed by atoms with Crippen molar-refractivity contribution in [3.8, 4) is 10.6 Å². The maximum Gasteiger partial charge on any atom is 0.148 e. The zero-order chi connectivity index (χ0) is 10.8. The van der Waals surface area contributed by atoms with Gasteiger partial charge in [0.15, 0.2) is 0 Å². The van der Waals surface area contributed by atoms with Gasteiger partial charge in [0.25, 0.3) is 0 Å². The van der Waals surface area contributed by atoms with E-state index >= 15 is 0 Å². The summed E-state index contributed by atoms with van der Waals surface area (Å²) in [5.74, 6) is 0. The van der Waals surface area contributed by atoms with Crippen molar-refractivity contribution in [2.24, 2.45) is 0 Å². The maximum atomic E-state index is 5.94. The highest BCUT2D eigenvalue weighted by atomic mass is 35.5. The monoisotopic (exact) mass is 239 g/mol. The summed E-state index contributed by atoms with van der Waals surface area (Å²) in [5.41, 5.74) is 2.17. The summed E-state index contributed by atoms with van der Waals surface area (Å²) in [5, 5.41) is 9.84. The van der Waals surface area contributed by atoms with Crippen LogP contribution in [0.5, 0.6) is 0 Å². The van der Waals surface area contributed by atoms with E-state index in [-0.39, 0.29) is 5.38 Å². The van der Waals surface area contributed by atoms with Gasteiger partial charge >= 0.3 is 0 Å². The summed E-state index contributed by atoms with van der Waals surface area (Å²) < 4.78 is 0. The molecule has 2 rings (SSSR count). The first kappa shape index (κ1) is 10.5. The van der Waals surface area contributed by atoms with Gasteiger partial charge in [-0.15, -0.1) is 21.8 Å². The van der Waals surface area contributed by atoms with Gasteiger partial charge in [-0.05, 0) is 25.5 Å². The summed E-state index contributed by atoms with van der Waals surface area (Å²) >= 11 is 7.47. The smallest absolute Gasteiger partial charge is 0.148 e. The highest BCUT2D eigenvalue weighted by Crippen LogP contribution is 2.30. The lowest BCUT2D eigenvalue weighted by molar-refractivity contribution is 0.962. The quantitative estimate of drug-likeness (QED) is 0.756. The summed E-state index contributed by atoms with van der Waals surface area (Å²) in [4.78, 5) is 4.04. The molecule has 3 nitrogen and oxygen atoms in total. The lowest BCUT2D eigenvalue weighted by Crippen LogP contribution is -1.83. The molecule has 0 saturated carbocycles. The molecule has 78 valence electrons. The molecule has 5 heteroatoms. The van der Waals surface area contributed by atoms with Crippen LogP contribution in [0.4, 0.5) is 0 Å². The Kier molecular flexibility index (Phi) is 2.98. The van der Waals surface area contributed by atoms with Crippen LogP contribution in [0.3, 0.4) is 0 Å². The Morgan fingerprint density at radius 3 is 2.80 bits per heavy atom. The number of pyridine rings is 1. The molecule has 0 aliphatic rings. The van der Waals surface area contributed by atoms with Crippen molar-refractivity contribution < 1.29 is 0 Å². The molecule has 0 N–H and O–H groups in total. The van der Waals surface area contributed by atoms with Gasteiger partial charge in [0.05, 0.1) is 5.38 Å². The first-order valence-corrected chi connectivity index (χ1v) is 5.82. The van der Waals surface area contributed by atoms with Crippen LogP contribution in [0.2, 0.25) is 0 Å². The second kappa shape index (κ2) is 4.24. The van der Waals surface area contributed by atoms with Gasteiger partial charge in [-0.1, -0.05) is 11.3 Å². The average Bonchev–Trinajstić information content (AvgIpc) is 2.67. The van der Waals surface area contributed by atoms with Crippen LogP contribution in [-0.4, -0.2) is 15.2 Å². The van der Waals surface area contributed by atoms with E-state index in [1.807, 2.05) is 26.1 Å². The molecular formula is C10H10ClN3S. The highest BCUT2D eigenvalue weighted by Gasteiger charge is 2.11. The molecule has 0 bridgehead atoms. The summed E-state index contributed by atoms with van der Waals surface area (Å²) in [6.45, 7) is 3.90.